The monoisotopic (exact) mass is 367 g/mol. The number of esters is 1. The minimum atomic E-state index is -1.75. The summed E-state index contributed by atoms with van der Waals surface area (Å²) in [6.07, 6.45) is 0. The molecule has 0 unspecified atom stereocenters. The van der Waals surface area contributed by atoms with E-state index >= 15 is 0 Å². The number of amides is 1. The van der Waals surface area contributed by atoms with E-state index in [-0.39, 0.29) is 22.8 Å². The van der Waals surface area contributed by atoms with Crippen molar-refractivity contribution in [2.24, 2.45) is 12.8 Å². The van der Waals surface area contributed by atoms with E-state index in [0.717, 1.165) is 0 Å². The molecule has 0 saturated carbocycles. The molecule has 3 N–H and O–H groups in total. The number of hydrogen-bond donors (Lipinski definition) is 2. The Hall–Kier alpha value is -3.55. The van der Waals surface area contributed by atoms with Gasteiger partial charge in [-0.3, -0.25) is 9.59 Å². The van der Waals surface area contributed by atoms with Gasteiger partial charge in [0, 0.05) is 30.1 Å². The number of carbonyl (C=O) groups excluding carboxylic acids is 2. The number of fused-ring (bicyclic) bond motifs is 4. The van der Waals surface area contributed by atoms with Crippen LogP contribution in [0.4, 0.5) is 5.69 Å². The van der Waals surface area contributed by atoms with Crippen LogP contribution in [0.1, 0.15) is 16.8 Å². The van der Waals surface area contributed by atoms with E-state index in [0.29, 0.717) is 16.9 Å². The number of rotatable bonds is 1. The van der Waals surface area contributed by atoms with E-state index in [4.69, 9.17) is 15.2 Å². The fourth-order valence-corrected chi connectivity index (χ4v) is 3.81. The van der Waals surface area contributed by atoms with Crippen molar-refractivity contribution in [1.82, 2.24) is 4.57 Å². The van der Waals surface area contributed by atoms with Crippen molar-refractivity contribution < 1.29 is 19.1 Å². The highest BCUT2D eigenvalue weighted by Crippen LogP contribution is 2.52. The molecule has 1 spiro atoms. The number of aryl methyl sites for hydroxylation is 1. The normalized spacial score (nSPS) is 20.0. The molecule has 2 aliphatic rings. The van der Waals surface area contributed by atoms with Gasteiger partial charge < -0.3 is 25.1 Å². The van der Waals surface area contributed by atoms with Crippen molar-refractivity contribution in [3.63, 3.8) is 0 Å². The zero-order valence-electron chi connectivity index (χ0n) is 15.0. The zero-order chi connectivity index (χ0) is 19.5. The van der Waals surface area contributed by atoms with Crippen LogP contribution in [0.15, 0.2) is 46.6 Å². The minimum Gasteiger partial charge on any atom is -0.465 e. The zero-order valence-corrected chi connectivity index (χ0v) is 15.0. The van der Waals surface area contributed by atoms with Gasteiger partial charge in [0.05, 0.1) is 12.7 Å². The summed E-state index contributed by atoms with van der Waals surface area (Å²) in [6, 6.07) is 8.46. The number of ether oxygens (including phenoxy) is 2. The molecule has 0 bridgehead atoms. The standard InChI is InChI=1S/C19H17N3O5/c1-9-8-12-13(16(23)22(9)2)19(14(15(20)27-12)17(24)26-3)10-6-4-5-7-11(10)21-18(19)25/h4-8H,20H2,1-3H3,(H,21,25)/t19-/m0/s1. The number of methoxy groups -OCH3 is 1. The third kappa shape index (κ3) is 1.95. The summed E-state index contributed by atoms with van der Waals surface area (Å²) in [4.78, 5) is 39.1. The van der Waals surface area contributed by atoms with Crippen LogP contribution < -0.4 is 21.3 Å². The molecular weight excluding hydrogens is 350 g/mol. The van der Waals surface area contributed by atoms with Gasteiger partial charge in [0.15, 0.2) is 0 Å². The van der Waals surface area contributed by atoms with Gasteiger partial charge in [-0.15, -0.1) is 0 Å². The lowest BCUT2D eigenvalue weighted by atomic mass is 9.68. The number of nitrogens with one attached hydrogen (secondary N) is 1. The second kappa shape index (κ2) is 5.47. The van der Waals surface area contributed by atoms with Crippen LogP contribution in [0.3, 0.4) is 0 Å². The maximum Gasteiger partial charge on any atom is 0.340 e. The molecule has 1 aromatic heterocycles. The summed E-state index contributed by atoms with van der Waals surface area (Å²) in [6.45, 7) is 1.73. The van der Waals surface area contributed by atoms with E-state index in [1.807, 2.05) is 0 Å². The van der Waals surface area contributed by atoms with E-state index in [9.17, 15) is 14.4 Å². The van der Waals surface area contributed by atoms with Gasteiger partial charge in [0.2, 0.25) is 11.8 Å². The highest BCUT2D eigenvalue weighted by atomic mass is 16.5. The molecule has 0 saturated heterocycles. The number of anilines is 1. The van der Waals surface area contributed by atoms with E-state index < -0.39 is 22.9 Å². The number of nitrogens with zero attached hydrogens (tertiary/aromatic N) is 1. The van der Waals surface area contributed by atoms with Gasteiger partial charge in [-0.05, 0) is 13.0 Å². The van der Waals surface area contributed by atoms with Gasteiger partial charge in [-0.2, -0.15) is 0 Å². The van der Waals surface area contributed by atoms with Gasteiger partial charge in [0.25, 0.3) is 5.56 Å². The molecular formula is C19H17N3O5. The molecule has 138 valence electrons. The second-order valence-corrected chi connectivity index (χ2v) is 6.47. The average molecular weight is 367 g/mol. The number of benzene rings is 1. The van der Waals surface area contributed by atoms with Crippen LogP contribution >= 0.6 is 0 Å². The number of aromatic nitrogens is 1. The van der Waals surface area contributed by atoms with Crippen molar-refractivity contribution in [3.05, 3.63) is 69.0 Å². The molecule has 0 fully saturated rings. The van der Waals surface area contributed by atoms with Crippen LogP contribution in [-0.2, 0) is 26.8 Å². The Morgan fingerprint density at radius 3 is 2.70 bits per heavy atom. The quantitative estimate of drug-likeness (QED) is 0.717. The van der Waals surface area contributed by atoms with Crippen molar-refractivity contribution >= 4 is 17.6 Å². The molecule has 1 atom stereocenters. The Kier molecular flexibility index (Phi) is 3.42. The molecule has 1 amide bonds. The lowest BCUT2D eigenvalue weighted by Crippen LogP contribution is -2.49. The fourth-order valence-electron chi connectivity index (χ4n) is 3.81. The maximum absolute atomic E-state index is 13.3. The van der Waals surface area contributed by atoms with E-state index in [1.165, 1.54) is 11.7 Å². The first-order valence-corrected chi connectivity index (χ1v) is 8.22. The van der Waals surface area contributed by atoms with Crippen molar-refractivity contribution in [3.8, 4) is 5.75 Å². The number of hydrogen-bond acceptors (Lipinski definition) is 6. The largest absolute Gasteiger partial charge is 0.465 e. The molecule has 2 aliphatic heterocycles. The van der Waals surface area contributed by atoms with Gasteiger partial charge in [-0.1, -0.05) is 18.2 Å². The first-order chi connectivity index (χ1) is 12.8. The highest BCUT2D eigenvalue weighted by molar-refractivity contribution is 6.17. The van der Waals surface area contributed by atoms with Crippen LogP contribution in [0.5, 0.6) is 5.75 Å². The molecule has 4 rings (SSSR count). The summed E-state index contributed by atoms with van der Waals surface area (Å²) in [7, 11) is 2.77. The maximum atomic E-state index is 13.3. The van der Waals surface area contributed by atoms with E-state index in [2.05, 4.69) is 5.32 Å². The third-order valence-corrected chi connectivity index (χ3v) is 5.16. The predicted octanol–water partition coefficient (Wildman–Crippen LogP) is 0.668. The van der Waals surface area contributed by atoms with Gasteiger partial charge in [0.1, 0.15) is 16.7 Å². The number of para-hydroxylation sites is 1. The molecule has 0 aliphatic carbocycles. The lowest BCUT2D eigenvalue weighted by Gasteiger charge is -2.35. The Labute approximate surface area is 154 Å². The summed E-state index contributed by atoms with van der Waals surface area (Å²) in [5.74, 6) is -1.52. The van der Waals surface area contributed by atoms with Crippen molar-refractivity contribution in [2.75, 3.05) is 12.4 Å². The second-order valence-electron chi connectivity index (χ2n) is 6.47. The molecule has 27 heavy (non-hydrogen) atoms. The van der Waals surface area contributed by atoms with Crippen LogP contribution in [0, 0.1) is 6.92 Å². The Morgan fingerprint density at radius 2 is 2.00 bits per heavy atom. The van der Waals surface area contributed by atoms with Crippen LogP contribution in [0.25, 0.3) is 0 Å². The number of carbonyl (C=O) groups is 2. The molecule has 0 radical (unpaired) electrons. The van der Waals surface area contributed by atoms with E-state index in [1.54, 1.807) is 44.3 Å². The topological polar surface area (TPSA) is 113 Å². The number of pyridine rings is 1. The Balaban J connectivity index is 2.22. The lowest BCUT2D eigenvalue weighted by molar-refractivity contribution is -0.138. The summed E-state index contributed by atoms with van der Waals surface area (Å²) >= 11 is 0. The van der Waals surface area contributed by atoms with Gasteiger partial charge in [-0.25, -0.2) is 4.79 Å². The minimum absolute atomic E-state index is 0.0349. The molecule has 1 aromatic carbocycles. The van der Waals surface area contributed by atoms with Crippen LogP contribution in [0.2, 0.25) is 0 Å². The van der Waals surface area contributed by atoms with Crippen LogP contribution in [-0.4, -0.2) is 23.6 Å². The highest BCUT2D eigenvalue weighted by Gasteiger charge is 2.60. The Bertz CT molecular complexity index is 1110. The average Bonchev–Trinajstić information content (AvgIpc) is 2.92. The third-order valence-electron chi connectivity index (χ3n) is 5.16. The first-order valence-electron chi connectivity index (χ1n) is 8.22. The van der Waals surface area contributed by atoms with Crippen molar-refractivity contribution in [1.29, 1.82) is 0 Å². The first kappa shape index (κ1) is 16.9. The smallest absolute Gasteiger partial charge is 0.340 e. The molecule has 8 nitrogen and oxygen atoms in total. The molecule has 8 heteroatoms. The summed E-state index contributed by atoms with van der Waals surface area (Å²) in [5.41, 5.74) is 5.24. The Morgan fingerprint density at radius 1 is 1.30 bits per heavy atom. The predicted molar refractivity (Wildman–Crippen MR) is 96.1 cm³/mol. The number of nitrogens with two attached hydrogens (primary N) is 1. The summed E-state index contributed by atoms with van der Waals surface area (Å²) < 4.78 is 11.9. The van der Waals surface area contributed by atoms with Gasteiger partial charge >= 0.3 is 5.97 Å². The SMILES string of the molecule is COC(=O)C1=C(N)Oc2cc(C)n(C)c(=O)c2[C@]12C(=O)Nc1ccccc12. The summed E-state index contributed by atoms with van der Waals surface area (Å²) in [5, 5.41) is 2.75. The molecule has 2 aromatic rings. The van der Waals surface area contributed by atoms with Crippen molar-refractivity contribution in [2.45, 2.75) is 12.3 Å². The fraction of sp³-hybridized carbons (Fsp3) is 0.211. The molecule has 3 heterocycles.